The molecule has 1 N–H and O–H groups in total. The van der Waals surface area contributed by atoms with E-state index >= 15 is 0 Å². The SMILES string of the molecule is Cc1ccc(COc2ccc3ccccc3c2/C=C2\C(=O)NC(=O)N(c3ccc(OCc4ccccc4)cc3)C2=O)cc1C. The fourth-order valence-electron chi connectivity index (χ4n) is 5.07. The number of amides is 4. The molecule has 5 aromatic carbocycles. The fraction of sp³-hybridized carbons (Fsp3) is 0.108. The molecule has 1 saturated heterocycles. The van der Waals surface area contributed by atoms with Gasteiger partial charge in [-0.25, -0.2) is 9.69 Å². The molecule has 0 atom stereocenters. The molecule has 218 valence electrons. The number of nitrogens with one attached hydrogen (secondary N) is 1. The average molecular weight is 583 g/mol. The van der Waals surface area contributed by atoms with Gasteiger partial charge < -0.3 is 9.47 Å². The minimum Gasteiger partial charge on any atom is -0.489 e. The third kappa shape index (κ3) is 5.94. The number of aryl methyl sites for hydroxylation is 2. The first-order valence-electron chi connectivity index (χ1n) is 14.3. The molecule has 0 bridgehead atoms. The highest BCUT2D eigenvalue weighted by Crippen LogP contribution is 2.33. The Balaban J connectivity index is 1.30. The second kappa shape index (κ2) is 12.3. The molecule has 0 unspecified atom stereocenters. The number of hydrogen-bond acceptors (Lipinski definition) is 5. The lowest BCUT2D eigenvalue weighted by Crippen LogP contribution is -2.54. The summed E-state index contributed by atoms with van der Waals surface area (Å²) in [6.07, 6.45) is 1.51. The number of barbiturate groups is 1. The van der Waals surface area contributed by atoms with Gasteiger partial charge in [0.05, 0.1) is 5.69 Å². The zero-order valence-electron chi connectivity index (χ0n) is 24.4. The molecule has 7 heteroatoms. The van der Waals surface area contributed by atoms with Gasteiger partial charge in [0.15, 0.2) is 0 Å². The molecule has 1 heterocycles. The number of carbonyl (C=O) groups is 3. The van der Waals surface area contributed by atoms with E-state index in [9.17, 15) is 14.4 Å². The zero-order chi connectivity index (χ0) is 30.6. The van der Waals surface area contributed by atoms with Crippen LogP contribution in [-0.2, 0) is 22.8 Å². The zero-order valence-corrected chi connectivity index (χ0v) is 24.4. The summed E-state index contributed by atoms with van der Waals surface area (Å²) in [4.78, 5) is 40.6. The Labute approximate surface area is 255 Å². The largest absolute Gasteiger partial charge is 0.489 e. The van der Waals surface area contributed by atoms with E-state index in [0.29, 0.717) is 36.0 Å². The molecule has 0 radical (unpaired) electrons. The van der Waals surface area contributed by atoms with Gasteiger partial charge in [-0.15, -0.1) is 0 Å². The Morgan fingerprint density at radius 3 is 2.20 bits per heavy atom. The molecular weight excluding hydrogens is 552 g/mol. The molecular formula is C37H30N2O5. The number of imide groups is 2. The molecule has 1 aliphatic rings. The van der Waals surface area contributed by atoms with Crippen molar-refractivity contribution < 1.29 is 23.9 Å². The van der Waals surface area contributed by atoms with Gasteiger partial charge in [0, 0.05) is 5.56 Å². The van der Waals surface area contributed by atoms with Crippen LogP contribution in [0.3, 0.4) is 0 Å². The number of hydrogen-bond donors (Lipinski definition) is 1. The topological polar surface area (TPSA) is 84.9 Å². The van der Waals surface area contributed by atoms with E-state index in [2.05, 4.69) is 31.3 Å². The van der Waals surface area contributed by atoms with Crippen LogP contribution < -0.4 is 19.7 Å². The summed E-state index contributed by atoms with van der Waals surface area (Å²) in [7, 11) is 0. The Hall–Kier alpha value is -5.69. The van der Waals surface area contributed by atoms with Gasteiger partial charge in [-0.05, 0) is 83.3 Å². The molecule has 4 amide bonds. The van der Waals surface area contributed by atoms with Gasteiger partial charge >= 0.3 is 6.03 Å². The number of urea groups is 1. The van der Waals surface area contributed by atoms with Crippen molar-refractivity contribution in [1.29, 1.82) is 0 Å². The van der Waals surface area contributed by atoms with Crippen molar-refractivity contribution in [2.24, 2.45) is 0 Å². The van der Waals surface area contributed by atoms with Crippen LogP contribution >= 0.6 is 0 Å². The van der Waals surface area contributed by atoms with Crippen molar-refractivity contribution in [3.63, 3.8) is 0 Å². The molecule has 0 aromatic heterocycles. The highest BCUT2D eigenvalue weighted by molar-refractivity contribution is 6.39. The van der Waals surface area contributed by atoms with Crippen LogP contribution in [0, 0.1) is 13.8 Å². The number of nitrogens with zero attached hydrogens (tertiary/aromatic N) is 1. The van der Waals surface area contributed by atoms with Crippen LogP contribution in [0.4, 0.5) is 10.5 Å². The van der Waals surface area contributed by atoms with E-state index in [4.69, 9.17) is 9.47 Å². The molecule has 6 rings (SSSR count). The standard InChI is InChI=1S/C37H30N2O5/c1-24-12-13-27(20-25(24)2)23-44-34-19-14-28-10-6-7-11-31(28)32(34)21-33-35(40)38-37(42)39(36(33)41)29-15-17-30(18-16-29)43-22-26-8-4-3-5-9-26/h3-21H,22-23H2,1-2H3,(H,38,40,42)/b33-21+. The molecule has 0 spiro atoms. The number of carbonyl (C=O) groups excluding carboxylic acids is 3. The van der Waals surface area contributed by atoms with E-state index in [1.807, 2.05) is 72.8 Å². The summed E-state index contributed by atoms with van der Waals surface area (Å²) in [5, 5.41) is 4.04. The molecule has 1 aliphatic heterocycles. The number of fused-ring (bicyclic) bond motifs is 1. The highest BCUT2D eigenvalue weighted by Gasteiger charge is 2.37. The van der Waals surface area contributed by atoms with Gasteiger partial charge in [-0.1, -0.05) is 78.9 Å². The summed E-state index contributed by atoms with van der Waals surface area (Å²) < 4.78 is 12.1. The van der Waals surface area contributed by atoms with Crippen molar-refractivity contribution >= 4 is 40.4 Å². The lowest BCUT2D eigenvalue weighted by molar-refractivity contribution is -0.122. The first-order chi connectivity index (χ1) is 21.4. The maximum Gasteiger partial charge on any atom is 0.335 e. The maximum atomic E-state index is 13.7. The monoisotopic (exact) mass is 582 g/mol. The van der Waals surface area contributed by atoms with Crippen molar-refractivity contribution in [3.8, 4) is 11.5 Å². The van der Waals surface area contributed by atoms with E-state index in [-0.39, 0.29) is 5.57 Å². The summed E-state index contributed by atoms with van der Waals surface area (Å²) in [5.74, 6) is -0.411. The van der Waals surface area contributed by atoms with Crippen molar-refractivity contribution in [2.75, 3.05) is 4.90 Å². The third-order valence-corrected chi connectivity index (χ3v) is 7.63. The smallest absolute Gasteiger partial charge is 0.335 e. The predicted molar refractivity (Wildman–Crippen MR) is 170 cm³/mol. The van der Waals surface area contributed by atoms with Gasteiger partial charge in [-0.3, -0.25) is 14.9 Å². The summed E-state index contributed by atoms with van der Waals surface area (Å²) in [6, 6.07) is 33.1. The van der Waals surface area contributed by atoms with Gasteiger partial charge in [-0.2, -0.15) is 0 Å². The summed E-state index contributed by atoms with van der Waals surface area (Å²) in [6.45, 7) is 4.79. The number of anilines is 1. The maximum absolute atomic E-state index is 13.7. The molecule has 0 saturated carbocycles. The average Bonchev–Trinajstić information content (AvgIpc) is 3.04. The van der Waals surface area contributed by atoms with Crippen molar-refractivity contribution in [3.05, 3.63) is 143 Å². The number of rotatable bonds is 8. The van der Waals surface area contributed by atoms with Crippen LogP contribution in [0.25, 0.3) is 16.8 Å². The molecule has 7 nitrogen and oxygen atoms in total. The third-order valence-electron chi connectivity index (χ3n) is 7.63. The van der Waals surface area contributed by atoms with E-state index in [1.165, 1.54) is 11.6 Å². The minimum atomic E-state index is -0.820. The predicted octanol–water partition coefficient (Wildman–Crippen LogP) is 7.28. The van der Waals surface area contributed by atoms with Crippen LogP contribution in [0.15, 0.2) is 115 Å². The Kier molecular flexibility index (Phi) is 7.93. The Bertz CT molecular complexity index is 1910. The molecule has 0 aliphatic carbocycles. The second-order valence-corrected chi connectivity index (χ2v) is 10.6. The first-order valence-corrected chi connectivity index (χ1v) is 14.3. The van der Waals surface area contributed by atoms with Crippen molar-refractivity contribution in [1.82, 2.24) is 5.32 Å². The van der Waals surface area contributed by atoms with Crippen LogP contribution in [0.2, 0.25) is 0 Å². The molecule has 5 aromatic rings. The van der Waals surface area contributed by atoms with Crippen LogP contribution in [-0.4, -0.2) is 17.8 Å². The molecule has 1 fully saturated rings. The first kappa shape index (κ1) is 28.4. The number of benzene rings is 5. The minimum absolute atomic E-state index is 0.179. The number of ether oxygens (including phenoxy) is 2. The van der Waals surface area contributed by atoms with Crippen LogP contribution in [0.1, 0.15) is 27.8 Å². The van der Waals surface area contributed by atoms with Gasteiger partial charge in [0.2, 0.25) is 0 Å². The van der Waals surface area contributed by atoms with E-state index in [1.54, 1.807) is 24.3 Å². The van der Waals surface area contributed by atoms with Crippen molar-refractivity contribution in [2.45, 2.75) is 27.1 Å². The normalized spacial score (nSPS) is 14.2. The highest BCUT2D eigenvalue weighted by atomic mass is 16.5. The quantitative estimate of drug-likeness (QED) is 0.154. The molecule has 44 heavy (non-hydrogen) atoms. The lowest BCUT2D eigenvalue weighted by atomic mass is 9.99. The van der Waals surface area contributed by atoms with E-state index in [0.717, 1.165) is 32.4 Å². The summed E-state index contributed by atoms with van der Waals surface area (Å²) in [5.41, 5.74) is 5.07. The lowest BCUT2D eigenvalue weighted by Gasteiger charge is -2.26. The van der Waals surface area contributed by atoms with Gasteiger partial charge in [0.25, 0.3) is 11.8 Å². The van der Waals surface area contributed by atoms with Gasteiger partial charge in [0.1, 0.15) is 30.3 Å². The Morgan fingerprint density at radius 1 is 0.705 bits per heavy atom. The Morgan fingerprint density at radius 2 is 1.43 bits per heavy atom. The second-order valence-electron chi connectivity index (χ2n) is 10.6. The summed E-state index contributed by atoms with van der Waals surface area (Å²) >= 11 is 0. The van der Waals surface area contributed by atoms with E-state index < -0.39 is 17.8 Å². The van der Waals surface area contributed by atoms with Crippen LogP contribution in [0.5, 0.6) is 11.5 Å². The fourth-order valence-corrected chi connectivity index (χ4v) is 5.07.